The van der Waals surface area contributed by atoms with Crippen LogP contribution in [0.2, 0.25) is 0 Å². The van der Waals surface area contributed by atoms with E-state index in [1.54, 1.807) is 0 Å². The SMILES string of the molecule is CCN(C)C(=O)CN1CCc2ccccc2[C@H](c2ccccc2)[C@H]1C. The molecule has 2 aromatic carbocycles. The van der Waals surface area contributed by atoms with Crippen LogP contribution in [-0.4, -0.2) is 48.4 Å². The molecule has 0 aliphatic carbocycles. The maximum Gasteiger partial charge on any atom is 0.236 e. The van der Waals surface area contributed by atoms with E-state index < -0.39 is 0 Å². The monoisotopic (exact) mass is 336 g/mol. The Morgan fingerprint density at radius 2 is 1.80 bits per heavy atom. The molecule has 3 nitrogen and oxygen atoms in total. The van der Waals surface area contributed by atoms with Crippen LogP contribution in [0, 0.1) is 0 Å². The Kier molecular flexibility index (Phi) is 5.54. The van der Waals surface area contributed by atoms with Crippen molar-refractivity contribution in [2.24, 2.45) is 0 Å². The smallest absolute Gasteiger partial charge is 0.236 e. The van der Waals surface area contributed by atoms with Gasteiger partial charge in [0.25, 0.3) is 0 Å². The zero-order chi connectivity index (χ0) is 17.8. The first-order chi connectivity index (χ1) is 12.1. The molecule has 1 aliphatic heterocycles. The summed E-state index contributed by atoms with van der Waals surface area (Å²) in [5, 5.41) is 0. The molecule has 1 heterocycles. The van der Waals surface area contributed by atoms with Crippen LogP contribution in [0.5, 0.6) is 0 Å². The molecule has 0 saturated carbocycles. The summed E-state index contributed by atoms with van der Waals surface area (Å²) in [5.41, 5.74) is 4.13. The number of amides is 1. The van der Waals surface area contributed by atoms with Crippen LogP contribution in [0.25, 0.3) is 0 Å². The zero-order valence-electron chi connectivity index (χ0n) is 15.5. The van der Waals surface area contributed by atoms with Gasteiger partial charge in [0.1, 0.15) is 0 Å². The molecule has 3 heteroatoms. The van der Waals surface area contributed by atoms with Crippen molar-refractivity contribution in [1.82, 2.24) is 9.80 Å². The average Bonchev–Trinajstić information content (AvgIpc) is 2.78. The van der Waals surface area contributed by atoms with Crippen molar-refractivity contribution in [3.8, 4) is 0 Å². The molecule has 1 aliphatic rings. The minimum Gasteiger partial charge on any atom is -0.345 e. The van der Waals surface area contributed by atoms with Gasteiger partial charge in [0, 0.05) is 32.1 Å². The normalized spacial score (nSPS) is 20.6. The molecule has 132 valence electrons. The molecule has 0 fully saturated rings. The van der Waals surface area contributed by atoms with E-state index in [0.717, 1.165) is 19.5 Å². The van der Waals surface area contributed by atoms with E-state index in [0.29, 0.717) is 12.5 Å². The molecule has 3 rings (SSSR count). The lowest BCUT2D eigenvalue weighted by molar-refractivity contribution is -0.131. The van der Waals surface area contributed by atoms with Gasteiger partial charge in [0.05, 0.1) is 6.54 Å². The maximum absolute atomic E-state index is 12.5. The highest BCUT2D eigenvalue weighted by Gasteiger charge is 2.32. The molecule has 0 spiro atoms. The predicted octanol–water partition coefficient (Wildman–Crippen LogP) is 3.54. The lowest BCUT2D eigenvalue weighted by atomic mass is 9.83. The van der Waals surface area contributed by atoms with E-state index in [4.69, 9.17) is 0 Å². The average molecular weight is 336 g/mol. The molecule has 0 radical (unpaired) electrons. The van der Waals surface area contributed by atoms with Gasteiger partial charge in [0.15, 0.2) is 0 Å². The number of carbonyl (C=O) groups is 1. The lowest BCUT2D eigenvalue weighted by Gasteiger charge is -2.33. The fourth-order valence-electron chi connectivity index (χ4n) is 3.82. The van der Waals surface area contributed by atoms with Gasteiger partial charge in [0.2, 0.25) is 5.91 Å². The topological polar surface area (TPSA) is 23.6 Å². The van der Waals surface area contributed by atoms with Crippen LogP contribution in [0.1, 0.15) is 36.5 Å². The molecule has 0 saturated heterocycles. The van der Waals surface area contributed by atoms with Crippen LogP contribution in [0.4, 0.5) is 0 Å². The minimum absolute atomic E-state index is 0.201. The van der Waals surface area contributed by atoms with Crippen LogP contribution in [-0.2, 0) is 11.2 Å². The predicted molar refractivity (Wildman–Crippen MR) is 103 cm³/mol. The van der Waals surface area contributed by atoms with Gasteiger partial charge in [-0.15, -0.1) is 0 Å². The van der Waals surface area contributed by atoms with Crippen molar-refractivity contribution in [2.45, 2.75) is 32.2 Å². The standard InChI is InChI=1S/C22H28N2O/c1-4-23(3)21(25)16-24-15-14-18-10-8-9-13-20(18)22(17(24)2)19-11-6-5-7-12-19/h5-13,17,22H,4,14-16H2,1-3H3/t17-,22+/m1/s1. The Morgan fingerprint density at radius 1 is 1.12 bits per heavy atom. The number of carbonyl (C=O) groups excluding carboxylic acids is 1. The maximum atomic E-state index is 12.5. The summed E-state index contributed by atoms with van der Waals surface area (Å²) < 4.78 is 0. The molecule has 0 bridgehead atoms. The number of hydrogen-bond acceptors (Lipinski definition) is 2. The summed E-state index contributed by atoms with van der Waals surface area (Å²) in [5.74, 6) is 0.492. The fraction of sp³-hybridized carbons (Fsp3) is 0.409. The second-order valence-electron chi connectivity index (χ2n) is 6.96. The van der Waals surface area contributed by atoms with E-state index in [-0.39, 0.29) is 11.9 Å². The van der Waals surface area contributed by atoms with Crippen molar-refractivity contribution < 1.29 is 4.79 Å². The van der Waals surface area contributed by atoms with Crippen molar-refractivity contribution in [1.29, 1.82) is 0 Å². The van der Waals surface area contributed by atoms with Crippen LogP contribution in [0.3, 0.4) is 0 Å². The third-order valence-corrected chi connectivity index (χ3v) is 5.51. The summed E-state index contributed by atoms with van der Waals surface area (Å²) in [6.07, 6.45) is 0.993. The van der Waals surface area contributed by atoms with Crippen molar-refractivity contribution in [3.05, 3.63) is 71.3 Å². The van der Waals surface area contributed by atoms with E-state index in [1.165, 1.54) is 16.7 Å². The highest BCUT2D eigenvalue weighted by molar-refractivity contribution is 5.78. The molecule has 2 aromatic rings. The van der Waals surface area contributed by atoms with Gasteiger partial charge in [-0.3, -0.25) is 9.69 Å². The van der Waals surface area contributed by atoms with E-state index >= 15 is 0 Å². The number of benzene rings is 2. The zero-order valence-corrected chi connectivity index (χ0v) is 15.5. The molecule has 0 N–H and O–H groups in total. The van der Waals surface area contributed by atoms with E-state index in [2.05, 4.69) is 66.4 Å². The van der Waals surface area contributed by atoms with Crippen molar-refractivity contribution >= 4 is 5.91 Å². The molecule has 2 atom stereocenters. The number of hydrogen-bond donors (Lipinski definition) is 0. The summed E-state index contributed by atoms with van der Waals surface area (Å²) in [7, 11) is 1.88. The molecular formula is C22H28N2O. The van der Waals surface area contributed by atoms with E-state index in [9.17, 15) is 4.79 Å². The molecule has 0 unspecified atom stereocenters. The van der Waals surface area contributed by atoms with Gasteiger partial charge in [-0.2, -0.15) is 0 Å². The Morgan fingerprint density at radius 3 is 2.52 bits per heavy atom. The Bertz CT molecular complexity index is 713. The second kappa shape index (κ2) is 7.83. The van der Waals surface area contributed by atoms with Gasteiger partial charge >= 0.3 is 0 Å². The first-order valence-electron chi connectivity index (χ1n) is 9.22. The molecular weight excluding hydrogens is 308 g/mol. The summed E-state index contributed by atoms with van der Waals surface area (Å²) in [4.78, 5) is 16.7. The van der Waals surface area contributed by atoms with Crippen molar-refractivity contribution in [2.75, 3.05) is 26.7 Å². The number of nitrogens with zero attached hydrogens (tertiary/aromatic N) is 2. The van der Waals surface area contributed by atoms with Gasteiger partial charge < -0.3 is 4.90 Å². The Balaban J connectivity index is 1.95. The van der Waals surface area contributed by atoms with Crippen LogP contribution >= 0.6 is 0 Å². The van der Waals surface area contributed by atoms with Crippen molar-refractivity contribution in [3.63, 3.8) is 0 Å². The van der Waals surface area contributed by atoms with Crippen LogP contribution < -0.4 is 0 Å². The Labute approximate surface area is 151 Å². The highest BCUT2D eigenvalue weighted by atomic mass is 16.2. The summed E-state index contributed by atoms with van der Waals surface area (Å²) in [6.45, 7) is 6.45. The number of rotatable bonds is 4. The molecule has 25 heavy (non-hydrogen) atoms. The first kappa shape index (κ1) is 17.7. The lowest BCUT2D eigenvalue weighted by Crippen LogP contribution is -2.44. The van der Waals surface area contributed by atoms with Gasteiger partial charge in [-0.25, -0.2) is 0 Å². The van der Waals surface area contributed by atoms with Gasteiger partial charge in [-0.05, 0) is 37.0 Å². The summed E-state index contributed by atoms with van der Waals surface area (Å²) in [6, 6.07) is 19.7. The highest BCUT2D eigenvalue weighted by Crippen LogP contribution is 2.35. The second-order valence-corrected chi connectivity index (χ2v) is 6.96. The number of likely N-dealkylation sites (N-methyl/N-ethyl adjacent to an activating group) is 1. The molecule has 1 amide bonds. The van der Waals surface area contributed by atoms with Gasteiger partial charge in [-0.1, -0.05) is 54.6 Å². The Hall–Kier alpha value is -2.13. The molecule has 0 aromatic heterocycles. The third kappa shape index (κ3) is 3.77. The van der Waals surface area contributed by atoms with E-state index in [1.807, 2.05) is 18.9 Å². The quantitative estimate of drug-likeness (QED) is 0.852. The first-order valence-corrected chi connectivity index (χ1v) is 9.22. The minimum atomic E-state index is 0.201. The largest absolute Gasteiger partial charge is 0.345 e. The third-order valence-electron chi connectivity index (χ3n) is 5.51. The fourth-order valence-corrected chi connectivity index (χ4v) is 3.82. The summed E-state index contributed by atoms with van der Waals surface area (Å²) >= 11 is 0. The number of fused-ring (bicyclic) bond motifs is 1. The van der Waals surface area contributed by atoms with Crippen LogP contribution in [0.15, 0.2) is 54.6 Å².